The van der Waals surface area contributed by atoms with Crippen LogP contribution in [0.2, 0.25) is 0 Å². The number of hydrogen-bond acceptors (Lipinski definition) is 2. The number of nitrogens with two attached hydrogens (primary N) is 1. The van der Waals surface area contributed by atoms with Crippen molar-refractivity contribution < 1.29 is 9.53 Å². The zero-order valence-electron chi connectivity index (χ0n) is 13.6. The maximum Gasteiger partial charge on any atom is 0.251 e. The number of primary amides is 1. The van der Waals surface area contributed by atoms with Crippen molar-refractivity contribution in [3.05, 3.63) is 47.3 Å². The quantitative estimate of drug-likeness (QED) is 0.798. The summed E-state index contributed by atoms with van der Waals surface area (Å²) < 4.78 is 7.57. The molecule has 22 heavy (non-hydrogen) atoms. The van der Waals surface area contributed by atoms with E-state index in [0.717, 1.165) is 48.7 Å². The van der Waals surface area contributed by atoms with E-state index < -0.39 is 0 Å². The number of carbonyl (C=O) groups is 1. The second-order valence-electron chi connectivity index (χ2n) is 5.35. The minimum Gasteiger partial charge on any atom is -0.382 e. The molecule has 0 fully saturated rings. The van der Waals surface area contributed by atoms with Gasteiger partial charge in [-0.1, -0.05) is 30.3 Å². The molecule has 1 heterocycles. The van der Waals surface area contributed by atoms with Crippen LogP contribution in [0, 0.1) is 13.8 Å². The highest BCUT2D eigenvalue weighted by Gasteiger charge is 2.22. The lowest BCUT2D eigenvalue weighted by Gasteiger charge is -2.10. The topological polar surface area (TPSA) is 57.2 Å². The maximum atomic E-state index is 11.9. The number of nitrogens with zero attached hydrogens (tertiary/aromatic N) is 1. The Hall–Kier alpha value is -2.07. The SMILES string of the molecule is CCOCCCn1c(C)c(C(N)=O)c(-c2ccccc2)c1C. The molecule has 0 aliphatic heterocycles. The van der Waals surface area contributed by atoms with Crippen molar-refractivity contribution in [1.82, 2.24) is 4.57 Å². The molecule has 0 saturated carbocycles. The van der Waals surface area contributed by atoms with Crippen LogP contribution < -0.4 is 5.73 Å². The van der Waals surface area contributed by atoms with Crippen LogP contribution in [0.25, 0.3) is 11.1 Å². The first-order valence-corrected chi connectivity index (χ1v) is 7.70. The molecule has 1 aromatic carbocycles. The molecule has 0 aliphatic rings. The third-order valence-electron chi connectivity index (χ3n) is 3.97. The molecule has 2 aromatic rings. The fourth-order valence-corrected chi connectivity index (χ4v) is 2.95. The molecule has 4 nitrogen and oxygen atoms in total. The second kappa shape index (κ2) is 7.27. The Bertz CT molecular complexity index is 645. The van der Waals surface area contributed by atoms with E-state index in [0.29, 0.717) is 5.56 Å². The first-order chi connectivity index (χ1) is 10.6. The van der Waals surface area contributed by atoms with Crippen LogP contribution in [-0.4, -0.2) is 23.7 Å². The smallest absolute Gasteiger partial charge is 0.251 e. The van der Waals surface area contributed by atoms with Gasteiger partial charge in [-0.25, -0.2) is 0 Å². The highest BCUT2D eigenvalue weighted by molar-refractivity contribution is 6.02. The minimum absolute atomic E-state index is 0.372. The largest absolute Gasteiger partial charge is 0.382 e. The van der Waals surface area contributed by atoms with E-state index in [-0.39, 0.29) is 5.91 Å². The lowest BCUT2D eigenvalue weighted by atomic mass is 10.0. The molecule has 1 aromatic heterocycles. The molecular weight excluding hydrogens is 276 g/mol. The average molecular weight is 300 g/mol. The van der Waals surface area contributed by atoms with Crippen molar-refractivity contribution >= 4 is 5.91 Å². The standard InChI is InChI=1S/C18H24N2O2/c1-4-22-12-8-11-20-13(2)16(15-9-6-5-7-10-15)17(14(20)3)18(19)21/h5-7,9-10H,4,8,11-12H2,1-3H3,(H2,19,21). The van der Waals surface area contributed by atoms with E-state index in [1.165, 1.54) is 0 Å². The molecule has 0 unspecified atom stereocenters. The van der Waals surface area contributed by atoms with Crippen LogP contribution in [0.5, 0.6) is 0 Å². The summed E-state index contributed by atoms with van der Waals surface area (Å²) in [6.07, 6.45) is 0.913. The first kappa shape index (κ1) is 16.3. The van der Waals surface area contributed by atoms with Gasteiger partial charge in [-0.3, -0.25) is 4.79 Å². The first-order valence-electron chi connectivity index (χ1n) is 7.70. The fourth-order valence-electron chi connectivity index (χ4n) is 2.95. The highest BCUT2D eigenvalue weighted by atomic mass is 16.5. The van der Waals surface area contributed by atoms with Crippen molar-refractivity contribution in [2.24, 2.45) is 5.73 Å². The van der Waals surface area contributed by atoms with E-state index in [4.69, 9.17) is 10.5 Å². The van der Waals surface area contributed by atoms with Gasteiger partial charge in [0.1, 0.15) is 0 Å². The Morgan fingerprint density at radius 1 is 1.18 bits per heavy atom. The molecule has 0 saturated heterocycles. The molecule has 0 atom stereocenters. The lowest BCUT2D eigenvalue weighted by Crippen LogP contribution is -2.13. The molecule has 4 heteroatoms. The summed E-state index contributed by atoms with van der Waals surface area (Å²) in [6, 6.07) is 9.94. The summed E-state index contributed by atoms with van der Waals surface area (Å²) in [4.78, 5) is 11.9. The lowest BCUT2D eigenvalue weighted by molar-refractivity contribution is 0.1000. The number of ether oxygens (including phenoxy) is 1. The van der Waals surface area contributed by atoms with Crippen molar-refractivity contribution in [1.29, 1.82) is 0 Å². The van der Waals surface area contributed by atoms with Gasteiger partial charge in [-0.05, 0) is 32.8 Å². The summed E-state index contributed by atoms with van der Waals surface area (Å²) in [5.74, 6) is -0.372. The van der Waals surface area contributed by atoms with Gasteiger partial charge in [0, 0.05) is 36.7 Å². The third-order valence-corrected chi connectivity index (χ3v) is 3.97. The highest BCUT2D eigenvalue weighted by Crippen LogP contribution is 2.32. The van der Waals surface area contributed by atoms with E-state index in [1.54, 1.807) is 0 Å². The Morgan fingerprint density at radius 3 is 2.45 bits per heavy atom. The van der Waals surface area contributed by atoms with Gasteiger partial charge in [0.25, 0.3) is 5.91 Å². The van der Waals surface area contributed by atoms with Crippen LogP contribution in [0.4, 0.5) is 0 Å². The van der Waals surface area contributed by atoms with Crippen LogP contribution in [0.1, 0.15) is 35.1 Å². The van der Waals surface area contributed by atoms with E-state index >= 15 is 0 Å². The van der Waals surface area contributed by atoms with Crippen LogP contribution >= 0.6 is 0 Å². The Morgan fingerprint density at radius 2 is 1.86 bits per heavy atom. The normalized spacial score (nSPS) is 10.9. The Labute approximate surface area is 131 Å². The Kier molecular flexibility index (Phi) is 5.39. The van der Waals surface area contributed by atoms with Gasteiger partial charge >= 0.3 is 0 Å². The summed E-state index contributed by atoms with van der Waals surface area (Å²) >= 11 is 0. The minimum atomic E-state index is -0.372. The number of rotatable bonds is 7. The van der Waals surface area contributed by atoms with Crippen molar-refractivity contribution in [3.8, 4) is 11.1 Å². The van der Waals surface area contributed by atoms with Gasteiger partial charge in [-0.15, -0.1) is 0 Å². The molecule has 118 valence electrons. The van der Waals surface area contributed by atoms with Gasteiger partial charge in [0.05, 0.1) is 5.56 Å². The molecule has 2 rings (SSSR count). The number of benzene rings is 1. The van der Waals surface area contributed by atoms with Gasteiger partial charge in [-0.2, -0.15) is 0 Å². The molecule has 0 aliphatic carbocycles. The predicted octanol–water partition coefficient (Wildman–Crippen LogP) is 3.30. The molecule has 0 spiro atoms. The summed E-state index contributed by atoms with van der Waals surface area (Å²) in [5, 5.41) is 0. The van der Waals surface area contributed by atoms with Crippen molar-refractivity contribution in [3.63, 3.8) is 0 Å². The average Bonchev–Trinajstić information content (AvgIpc) is 2.76. The van der Waals surface area contributed by atoms with E-state index in [2.05, 4.69) is 4.57 Å². The van der Waals surface area contributed by atoms with Gasteiger partial charge in [0.2, 0.25) is 0 Å². The monoisotopic (exact) mass is 300 g/mol. The van der Waals surface area contributed by atoms with Crippen LogP contribution in [0.15, 0.2) is 30.3 Å². The number of hydrogen-bond donors (Lipinski definition) is 1. The van der Waals surface area contributed by atoms with E-state index in [9.17, 15) is 4.79 Å². The summed E-state index contributed by atoms with van der Waals surface area (Å²) in [7, 11) is 0. The van der Waals surface area contributed by atoms with E-state index in [1.807, 2.05) is 51.1 Å². The summed E-state index contributed by atoms with van der Waals surface area (Å²) in [6.45, 7) is 8.27. The third kappa shape index (κ3) is 3.22. The second-order valence-corrected chi connectivity index (χ2v) is 5.35. The number of amides is 1. The van der Waals surface area contributed by atoms with Crippen LogP contribution in [0.3, 0.4) is 0 Å². The number of carbonyl (C=O) groups excluding carboxylic acids is 1. The fraction of sp³-hybridized carbons (Fsp3) is 0.389. The molecule has 0 bridgehead atoms. The van der Waals surface area contributed by atoms with Crippen LogP contribution in [-0.2, 0) is 11.3 Å². The number of aromatic nitrogens is 1. The Balaban J connectivity index is 2.43. The maximum absolute atomic E-state index is 11.9. The zero-order valence-corrected chi connectivity index (χ0v) is 13.6. The van der Waals surface area contributed by atoms with Gasteiger partial charge < -0.3 is 15.0 Å². The van der Waals surface area contributed by atoms with Crippen molar-refractivity contribution in [2.75, 3.05) is 13.2 Å². The zero-order chi connectivity index (χ0) is 16.1. The predicted molar refractivity (Wildman–Crippen MR) is 89.0 cm³/mol. The molecule has 2 N–H and O–H groups in total. The van der Waals surface area contributed by atoms with Crippen molar-refractivity contribution in [2.45, 2.75) is 33.7 Å². The molecule has 1 amide bonds. The molecule has 0 radical (unpaired) electrons. The molecular formula is C18H24N2O2. The van der Waals surface area contributed by atoms with Gasteiger partial charge in [0.15, 0.2) is 0 Å². The summed E-state index contributed by atoms with van der Waals surface area (Å²) in [5.41, 5.74) is 10.2.